The zero-order valence-corrected chi connectivity index (χ0v) is 15.8. The van der Waals surface area contributed by atoms with Crippen molar-refractivity contribution in [2.24, 2.45) is 5.84 Å². The molecule has 1 saturated carbocycles. The second kappa shape index (κ2) is 8.96. The van der Waals surface area contributed by atoms with Crippen LogP contribution in [0.4, 0.5) is 17.5 Å². The van der Waals surface area contributed by atoms with Gasteiger partial charge in [0.1, 0.15) is 0 Å². The standard InChI is InChI=1S/C19H29N7O/c1-2-3-10-22-19-24-12-16(17-9-4-13(20)11-23-17)18(25-19)26(21)14-5-7-15(27)8-6-14/h4,9,11-12,14-15,27H,2-3,5-8,10,20-21H2,1H3,(H,22,24,25)/t14-,15-. The molecule has 0 atom stereocenters. The van der Waals surface area contributed by atoms with E-state index >= 15 is 0 Å². The molecule has 1 aliphatic carbocycles. The van der Waals surface area contributed by atoms with Crippen LogP contribution in [0.25, 0.3) is 11.3 Å². The van der Waals surface area contributed by atoms with Crippen LogP contribution >= 0.6 is 0 Å². The fourth-order valence-electron chi connectivity index (χ4n) is 3.29. The molecule has 2 aromatic heterocycles. The maximum absolute atomic E-state index is 9.79. The number of hydrogen-bond donors (Lipinski definition) is 4. The van der Waals surface area contributed by atoms with Crippen LogP contribution in [0.1, 0.15) is 45.4 Å². The Morgan fingerprint density at radius 1 is 1.19 bits per heavy atom. The predicted octanol–water partition coefficient (Wildman–Crippen LogP) is 2.32. The van der Waals surface area contributed by atoms with E-state index in [2.05, 4.69) is 27.2 Å². The van der Waals surface area contributed by atoms with Gasteiger partial charge in [0.2, 0.25) is 5.95 Å². The van der Waals surface area contributed by atoms with Gasteiger partial charge in [-0.15, -0.1) is 0 Å². The fourth-order valence-corrected chi connectivity index (χ4v) is 3.29. The van der Waals surface area contributed by atoms with Crippen molar-refractivity contribution in [3.05, 3.63) is 24.5 Å². The average Bonchev–Trinajstić information content (AvgIpc) is 2.69. The third-order valence-electron chi connectivity index (χ3n) is 4.95. The number of aliphatic hydroxyl groups excluding tert-OH is 1. The van der Waals surface area contributed by atoms with Crippen LogP contribution in [0.2, 0.25) is 0 Å². The summed E-state index contributed by atoms with van der Waals surface area (Å²) in [6, 6.07) is 3.77. The number of nitrogens with zero attached hydrogens (tertiary/aromatic N) is 4. The lowest BCUT2D eigenvalue weighted by atomic mass is 9.92. The van der Waals surface area contributed by atoms with Crippen LogP contribution in [-0.4, -0.2) is 38.7 Å². The number of anilines is 3. The van der Waals surface area contributed by atoms with Gasteiger partial charge in [-0.25, -0.2) is 10.8 Å². The first-order valence-electron chi connectivity index (χ1n) is 9.63. The van der Waals surface area contributed by atoms with E-state index in [1.165, 1.54) is 0 Å². The molecule has 1 fully saturated rings. The molecule has 1 aliphatic rings. The molecule has 27 heavy (non-hydrogen) atoms. The number of hydrazine groups is 1. The Labute approximate surface area is 160 Å². The highest BCUT2D eigenvalue weighted by molar-refractivity contribution is 5.74. The molecule has 0 bridgehead atoms. The molecule has 3 rings (SSSR count). The lowest BCUT2D eigenvalue weighted by Crippen LogP contribution is -2.45. The maximum Gasteiger partial charge on any atom is 0.224 e. The van der Waals surface area contributed by atoms with Gasteiger partial charge in [-0.2, -0.15) is 4.98 Å². The molecule has 0 saturated heterocycles. The first kappa shape index (κ1) is 19.3. The summed E-state index contributed by atoms with van der Waals surface area (Å²) >= 11 is 0. The number of aliphatic hydroxyl groups is 1. The fraction of sp³-hybridized carbons (Fsp3) is 0.526. The molecule has 8 nitrogen and oxygen atoms in total. The van der Waals surface area contributed by atoms with Crippen molar-refractivity contribution in [3.63, 3.8) is 0 Å². The van der Waals surface area contributed by atoms with E-state index in [1.807, 2.05) is 6.07 Å². The molecule has 146 valence electrons. The summed E-state index contributed by atoms with van der Waals surface area (Å²) < 4.78 is 0. The highest BCUT2D eigenvalue weighted by Gasteiger charge is 2.26. The molecular formula is C19H29N7O. The summed E-state index contributed by atoms with van der Waals surface area (Å²) in [5.74, 6) is 7.69. The zero-order chi connectivity index (χ0) is 19.2. The quantitative estimate of drug-likeness (QED) is 0.332. The maximum atomic E-state index is 9.79. The van der Waals surface area contributed by atoms with Crippen molar-refractivity contribution in [3.8, 4) is 11.3 Å². The Morgan fingerprint density at radius 2 is 1.96 bits per heavy atom. The zero-order valence-electron chi connectivity index (χ0n) is 15.8. The van der Waals surface area contributed by atoms with E-state index in [1.54, 1.807) is 23.5 Å². The summed E-state index contributed by atoms with van der Waals surface area (Å²) in [6.07, 6.45) is 8.44. The Balaban J connectivity index is 1.90. The van der Waals surface area contributed by atoms with Gasteiger partial charge in [-0.3, -0.25) is 9.99 Å². The number of nitrogens with one attached hydrogen (secondary N) is 1. The molecule has 2 heterocycles. The van der Waals surface area contributed by atoms with E-state index in [4.69, 9.17) is 11.6 Å². The monoisotopic (exact) mass is 371 g/mol. The first-order chi connectivity index (χ1) is 13.1. The molecular weight excluding hydrogens is 342 g/mol. The topological polar surface area (TPSA) is 126 Å². The minimum atomic E-state index is -0.232. The summed E-state index contributed by atoms with van der Waals surface area (Å²) in [6.45, 7) is 2.96. The molecule has 8 heteroatoms. The first-order valence-corrected chi connectivity index (χ1v) is 9.63. The summed E-state index contributed by atoms with van der Waals surface area (Å²) in [4.78, 5) is 13.5. The predicted molar refractivity (Wildman–Crippen MR) is 108 cm³/mol. The highest BCUT2D eigenvalue weighted by Crippen LogP contribution is 2.31. The van der Waals surface area contributed by atoms with Gasteiger partial charge < -0.3 is 16.2 Å². The van der Waals surface area contributed by atoms with Gasteiger partial charge in [-0.05, 0) is 44.2 Å². The second-order valence-electron chi connectivity index (χ2n) is 7.06. The second-order valence-corrected chi connectivity index (χ2v) is 7.06. The molecule has 0 aliphatic heterocycles. The molecule has 0 aromatic carbocycles. The van der Waals surface area contributed by atoms with Crippen LogP contribution in [0.5, 0.6) is 0 Å². The molecule has 0 radical (unpaired) electrons. The van der Waals surface area contributed by atoms with Crippen molar-refractivity contribution in [1.29, 1.82) is 0 Å². The van der Waals surface area contributed by atoms with Gasteiger partial charge >= 0.3 is 0 Å². The van der Waals surface area contributed by atoms with Gasteiger partial charge in [0.05, 0.1) is 29.2 Å². The van der Waals surface area contributed by atoms with Crippen molar-refractivity contribution >= 4 is 17.5 Å². The third-order valence-corrected chi connectivity index (χ3v) is 4.95. The molecule has 0 amide bonds. The number of pyridine rings is 1. The normalized spacial score (nSPS) is 19.7. The van der Waals surface area contributed by atoms with E-state index in [0.717, 1.165) is 56.3 Å². The van der Waals surface area contributed by atoms with Crippen LogP contribution in [0.15, 0.2) is 24.5 Å². The minimum absolute atomic E-state index is 0.124. The Hall–Kier alpha value is -2.45. The number of nitrogen functional groups attached to an aromatic ring is 1. The third kappa shape index (κ3) is 4.84. The van der Waals surface area contributed by atoms with Gasteiger partial charge in [-0.1, -0.05) is 13.3 Å². The van der Waals surface area contributed by atoms with Crippen LogP contribution in [0, 0.1) is 0 Å². The molecule has 0 spiro atoms. The van der Waals surface area contributed by atoms with E-state index in [-0.39, 0.29) is 12.1 Å². The lowest BCUT2D eigenvalue weighted by Gasteiger charge is -2.34. The Morgan fingerprint density at radius 3 is 2.63 bits per heavy atom. The van der Waals surface area contributed by atoms with Gasteiger partial charge in [0.15, 0.2) is 5.82 Å². The SMILES string of the molecule is CCCCNc1ncc(-c2ccc(N)cn2)c(N(N)[C@H]2CC[C@H](O)CC2)n1. The molecule has 6 N–H and O–H groups in total. The molecule has 2 aromatic rings. The summed E-state index contributed by atoms with van der Waals surface area (Å²) in [5.41, 5.74) is 7.86. The van der Waals surface area contributed by atoms with E-state index in [0.29, 0.717) is 17.5 Å². The largest absolute Gasteiger partial charge is 0.397 e. The number of rotatable bonds is 7. The van der Waals surface area contributed by atoms with Crippen molar-refractivity contribution < 1.29 is 5.11 Å². The van der Waals surface area contributed by atoms with Gasteiger partial charge in [0, 0.05) is 18.8 Å². The van der Waals surface area contributed by atoms with Crippen LogP contribution < -0.4 is 21.9 Å². The summed E-state index contributed by atoms with van der Waals surface area (Å²) in [7, 11) is 0. The minimum Gasteiger partial charge on any atom is -0.397 e. The number of hydrogen-bond acceptors (Lipinski definition) is 8. The number of nitrogens with two attached hydrogens (primary N) is 2. The van der Waals surface area contributed by atoms with Gasteiger partial charge in [0.25, 0.3) is 0 Å². The van der Waals surface area contributed by atoms with Crippen LogP contribution in [0.3, 0.4) is 0 Å². The van der Waals surface area contributed by atoms with E-state index < -0.39 is 0 Å². The lowest BCUT2D eigenvalue weighted by molar-refractivity contribution is 0.121. The average molecular weight is 371 g/mol. The van der Waals surface area contributed by atoms with Crippen molar-refractivity contribution in [2.75, 3.05) is 22.6 Å². The smallest absolute Gasteiger partial charge is 0.224 e. The van der Waals surface area contributed by atoms with Crippen LogP contribution in [-0.2, 0) is 0 Å². The molecule has 0 unspecified atom stereocenters. The van der Waals surface area contributed by atoms with E-state index in [9.17, 15) is 5.11 Å². The Bertz CT molecular complexity index is 729. The number of unbranched alkanes of at least 4 members (excludes halogenated alkanes) is 1. The number of aromatic nitrogens is 3. The Kier molecular flexibility index (Phi) is 6.41. The van der Waals surface area contributed by atoms with Crippen molar-refractivity contribution in [2.45, 2.75) is 57.6 Å². The van der Waals surface area contributed by atoms with Crippen molar-refractivity contribution in [1.82, 2.24) is 15.0 Å². The highest BCUT2D eigenvalue weighted by atomic mass is 16.3. The summed E-state index contributed by atoms with van der Waals surface area (Å²) in [5, 5.41) is 14.8.